The molecule has 0 saturated carbocycles. The van der Waals surface area contributed by atoms with Crippen LogP contribution in [0.3, 0.4) is 0 Å². The number of hydrogen-bond acceptors (Lipinski definition) is 4. The first kappa shape index (κ1) is 15.2. The average molecular weight is 375 g/mol. The standard InChI is InChI=1S/C13H19BrN4O2S/c1-16(2)21(19,20)18-8-10-6-17(7-11(10)9-18)13-4-3-12(14)5-15-13/h3-5,10-11H,6-9H2,1-2H3. The van der Waals surface area contributed by atoms with Crippen LogP contribution in [-0.4, -0.2) is 62.3 Å². The Balaban J connectivity index is 1.68. The molecule has 0 spiro atoms. The summed E-state index contributed by atoms with van der Waals surface area (Å²) in [6.07, 6.45) is 1.80. The zero-order chi connectivity index (χ0) is 15.2. The van der Waals surface area contributed by atoms with Gasteiger partial charge < -0.3 is 4.90 Å². The highest BCUT2D eigenvalue weighted by Crippen LogP contribution is 2.34. The van der Waals surface area contributed by atoms with Crippen molar-refractivity contribution in [2.24, 2.45) is 11.8 Å². The molecule has 0 aliphatic carbocycles. The number of hydrogen-bond donors (Lipinski definition) is 0. The molecule has 1 aromatic rings. The summed E-state index contributed by atoms with van der Waals surface area (Å²) in [5, 5.41) is 0. The maximum atomic E-state index is 12.2. The summed E-state index contributed by atoms with van der Waals surface area (Å²) >= 11 is 3.39. The van der Waals surface area contributed by atoms with Crippen LogP contribution in [0.2, 0.25) is 0 Å². The molecular weight excluding hydrogens is 356 g/mol. The van der Waals surface area contributed by atoms with E-state index in [4.69, 9.17) is 0 Å². The first-order valence-corrected chi connectivity index (χ1v) is 9.11. The number of pyridine rings is 1. The fourth-order valence-electron chi connectivity index (χ4n) is 3.11. The minimum Gasteiger partial charge on any atom is -0.356 e. The Kier molecular flexibility index (Phi) is 3.98. The Morgan fingerprint density at radius 1 is 1.19 bits per heavy atom. The molecule has 0 amide bonds. The van der Waals surface area contributed by atoms with E-state index in [-0.39, 0.29) is 0 Å². The molecule has 2 fully saturated rings. The Morgan fingerprint density at radius 2 is 1.81 bits per heavy atom. The second kappa shape index (κ2) is 5.49. The van der Waals surface area contributed by atoms with Crippen molar-refractivity contribution in [1.29, 1.82) is 0 Å². The maximum absolute atomic E-state index is 12.2. The zero-order valence-electron chi connectivity index (χ0n) is 12.1. The lowest BCUT2D eigenvalue weighted by Gasteiger charge is -2.24. The molecule has 116 valence electrons. The highest BCUT2D eigenvalue weighted by molar-refractivity contribution is 9.10. The van der Waals surface area contributed by atoms with Crippen LogP contribution in [0.1, 0.15) is 0 Å². The fraction of sp³-hybridized carbons (Fsp3) is 0.615. The third-order valence-corrected chi connectivity index (χ3v) is 6.62. The van der Waals surface area contributed by atoms with Crippen LogP contribution in [0.25, 0.3) is 0 Å². The van der Waals surface area contributed by atoms with Crippen LogP contribution in [0, 0.1) is 11.8 Å². The van der Waals surface area contributed by atoms with Crippen molar-refractivity contribution in [2.45, 2.75) is 0 Å². The number of halogens is 1. The minimum absolute atomic E-state index is 0.394. The third kappa shape index (κ3) is 2.81. The van der Waals surface area contributed by atoms with Gasteiger partial charge in [0.2, 0.25) is 0 Å². The highest BCUT2D eigenvalue weighted by Gasteiger charge is 2.44. The van der Waals surface area contributed by atoms with Crippen LogP contribution in [-0.2, 0) is 10.2 Å². The SMILES string of the molecule is CN(C)S(=O)(=O)N1CC2CN(c3ccc(Br)cn3)CC2C1. The van der Waals surface area contributed by atoms with E-state index in [0.717, 1.165) is 23.4 Å². The maximum Gasteiger partial charge on any atom is 0.281 e. The van der Waals surface area contributed by atoms with E-state index >= 15 is 0 Å². The molecule has 0 radical (unpaired) electrons. The second-order valence-corrected chi connectivity index (χ2v) is 8.92. The van der Waals surface area contributed by atoms with E-state index in [9.17, 15) is 8.42 Å². The van der Waals surface area contributed by atoms with Gasteiger partial charge in [0.05, 0.1) is 0 Å². The molecule has 1 aromatic heterocycles. The van der Waals surface area contributed by atoms with Crippen molar-refractivity contribution >= 4 is 32.0 Å². The molecule has 6 nitrogen and oxygen atoms in total. The van der Waals surface area contributed by atoms with Gasteiger partial charge in [-0.2, -0.15) is 17.0 Å². The van der Waals surface area contributed by atoms with Crippen LogP contribution in [0.15, 0.2) is 22.8 Å². The monoisotopic (exact) mass is 374 g/mol. The molecule has 2 saturated heterocycles. The van der Waals surface area contributed by atoms with Crippen LogP contribution < -0.4 is 4.90 Å². The molecule has 0 aromatic carbocycles. The summed E-state index contributed by atoms with van der Waals surface area (Å²) in [5.41, 5.74) is 0. The van der Waals surface area contributed by atoms with Gasteiger partial charge in [0.25, 0.3) is 10.2 Å². The smallest absolute Gasteiger partial charge is 0.281 e. The van der Waals surface area contributed by atoms with Crippen LogP contribution in [0.4, 0.5) is 5.82 Å². The van der Waals surface area contributed by atoms with E-state index in [2.05, 4.69) is 25.8 Å². The van der Waals surface area contributed by atoms with Gasteiger partial charge in [-0.15, -0.1) is 0 Å². The molecule has 2 unspecified atom stereocenters. The molecule has 2 aliphatic heterocycles. The van der Waals surface area contributed by atoms with Crippen molar-refractivity contribution in [3.05, 3.63) is 22.8 Å². The Hall–Kier alpha value is -0.700. The first-order chi connectivity index (χ1) is 9.88. The number of nitrogens with zero attached hydrogens (tertiary/aromatic N) is 4. The molecule has 2 aliphatic rings. The number of anilines is 1. The molecule has 21 heavy (non-hydrogen) atoms. The largest absolute Gasteiger partial charge is 0.356 e. The molecule has 3 rings (SSSR count). The summed E-state index contributed by atoms with van der Waals surface area (Å²) < 4.78 is 28.2. The van der Waals surface area contributed by atoms with Crippen molar-refractivity contribution in [2.75, 3.05) is 45.2 Å². The summed E-state index contributed by atoms with van der Waals surface area (Å²) in [6, 6.07) is 3.98. The van der Waals surface area contributed by atoms with E-state index in [0.29, 0.717) is 24.9 Å². The topological polar surface area (TPSA) is 56.8 Å². The van der Waals surface area contributed by atoms with E-state index in [1.54, 1.807) is 24.6 Å². The van der Waals surface area contributed by atoms with Gasteiger partial charge in [-0.1, -0.05) is 0 Å². The van der Waals surface area contributed by atoms with Gasteiger partial charge in [-0.25, -0.2) is 4.98 Å². The van der Waals surface area contributed by atoms with Gasteiger partial charge in [0.15, 0.2) is 0 Å². The Bertz CT molecular complexity index is 606. The average Bonchev–Trinajstić information content (AvgIpc) is 2.97. The zero-order valence-corrected chi connectivity index (χ0v) is 14.5. The lowest BCUT2D eigenvalue weighted by molar-refractivity contribution is 0.406. The molecule has 8 heteroatoms. The van der Waals surface area contributed by atoms with Crippen molar-refractivity contribution < 1.29 is 8.42 Å². The van der Waals surface area contributed by atoms with Crippen molar-refractivity contribution in [3.8, 4) is 0 Å². The normalized spacial score (nSPS) is 26.6. The lowest BCUT2D eigenvalue weighted by Crippen LogP contribution is -2.40. The van der Waals surface area contributed by atoms with Crippen molar-refractivity contribution in [1.82, 2.24) is 13.6 Å². The Labute approximate surface area is 134 Å². The highest BCUT2D eigenvalue weighted by atomic mass is 79.9. The molecule has 0 bridgehead atoms. The summed E-state index contributed by atoms with van der Waals surface area (Å²) in [5.74, 6) is 1.75. The van der Waals surface area contributed by atoms with E-state index in [1.165, 1.54) is 4.31 Å². The van der Waals surface area contributed by atoms with Crippen LogP contribution >= 0.6 is 15.9 Å². The predicted octanol–water partition coefficient (Wildman–Crippen LogP) is 1.02. The summed E-state index contributed by atoms with van der Waals surface area (Å²) in [7, 11) is -0.110. The van der Waals surface area contributed by atoms with Gasteiger partial charge in [-0.3, -0.25) is 0 Å². The number of aromatic nitrogens is 1. The van der Waals surface area contributed by atoms with Crippen molar-refractivity contribution in [3.63, 3.8) is 0 Å². The summed E-state index contributed by atoms with van der Waals surface area (Å²) in [4.78, 5) is 6.67. The van der Waals surface area contributed by atoms with Crippen LogP contribution in [0.5, 0.6) is 0 Å². The molecular formula is C13H19BrN4O2S. The quantitative estimate of drug-likeness (QED) is 0.792. The first-order valence-electron chi connectivity index (χ1n) is 6.92. The minimum atomic E-state index is -3.28. The molecule has 2 atom stereocenters. The molecule has 0 N–H and O–H groups in total. The number of rotatable bonds is 3. The van der Waals surface area contributed by atoms with Gasteiger partial charge in [0, 0.05) is 50.9 Å². The number of fused-ring (bicyclic) bond motifs is 1. The Morgan fingerprint density at radius 3 is 2.29 bits per heavy atom. The fourth-order valence-corrected chi connectivity index (χ4v) is 4.57. The predicted molar refractivity (Wildman–Crippen MR) is 85.3 cm³/mol. The van der Waals surface area contributed by atoms with Gasteiger partial charge in [0.1, 0.15) is 5.82 Å². The summed E-state index contributed by atoms with van der Waals surface area (Å²) in [6.45, 7) is 2.97. The second-order valence-electron chi connectivity index (χ2n) is 5.87. The van der Waals surface area contributed by atoms with E-state index in [1.807, 2.05) is 12.1 Å². The third-order valence-electron chi connectivity index (χ3n) is 4.28. The van der Waals surface area contributed by atoms with E-state index < -0.39 is 10.2 Å². The van der Waals surface area contributed by atoms with Gasteiger partial charge >= 0.3 is 0 Å². The molecule has 3 heterocycles. The lowest BCUT2D eigenvalue weighted by atomic mass is 10.0. The van der Waals surface area contributed by atoms with Gasteiger partial charge in [-0.05, 0) is 39.9 Å².